The van der Waals surface area contributed by atoms with Gasteiger partial charge in [-0.1, -0.05) is 6.07 Å². The fourth-order valence-electron chi connectivity index (χ4n) is 2.96. The number of aromatic nitrogens is 4. The highest BCUT2D eigenvalue weighted by Crippen LogP contribution is 2.33. The standard InChI is InChI=1S/C18H19N5O5S/c1-3-23-18(20-21-22-23)13-5-7-15(26-2)17(9-13)29(24,25)19-10-12-4-6-14-16(8-12)28-11-27-14/h4-9,19H,3,10-11H2,1-2H3. The van der Waals surface area contributed by atoms with Crippen LogP contribution >= 0.6 is 0 Å². The third-order valence-electron chi connectivity index (χ3n) is 4.45. The Morgan fingerprint density at radius 2 is 2.00 bits per heavy atom. The molecule has 152 valence electrons. The number of rotatable bonds is 7. The average molecular weight is 417 g/mol. The molecule has 2 heterocycles. The fourth-order valence-corrected chi connectivity index (χ4v) is 4.17. The molecule has 1 N–H and O–H groups in total. The quantitative estimate of drug-likeness (QED) is 0.616. The fraction of sp³-hybridized carbons (Fsp3) is 0.278. The van der Waals surface area contributed by atoms with Crippen molar-refractivity contribution in [1.29, 1.82) is 0 Å². The molecule has 3 aromatic rings. The largest absolute Gasteiger partial charge is 0.495 e. The van der Waals surface area contributed by atoms with Crippen molar-refractivity contribution in [2.75, 3.05) is 13.9 Å². The lowest BCUT2D eigenvalue weighted by Crippen LogP contribution is -2.24. The van der Waals surface area contributed by atoms with Gasteiger partial charge in [0.15, 0.2) is 17.3 Å². The van der Waals surface area contributed by atoms with Crippen LogP contribution in [0.15, 0.2) is 41.3 Å². The minimum atomic E-state index is -3.87. The van der Waals surface area contributed by atoms with Gasteiger partial charge in [0.25, 0.3) is 0 Å². The Labute approximate surface area is 167 Å². The van der Waals surface area contributed by atoms with E-state index in [0.717, 1.165) is 5.56 Å². The van der Waals surface area contributed by atoms with Crippen LogP contribution in [0.1, 0.15) is 12.5 Å². The van der Waals surface area contributed by atoms with E-state index in [1.54, 1.807) is 35.0 Å². The van der Waals surface area contributed by atoms with Gasteiger partial charge in [0.1, 0.15) is 10.6 Å². The van der Waals surface area contributed by atoms with E-state index in [0.29, 0.717) is 29.4 Å². The maximum absolute atomic E-state index is 13.0. The van der Waals surface area contributed by atoms with Gasteiger partial charge in [-0.2, -0.15) is 0 Å². The van der Waals surface area contributed by atoms with Crippen LogP contribution in [0.4, 0.5) is 0 Å². The lowest BCUT2D eigenvalue weighted by atomic mass is 10.2. The average Bonchev–Trinajstić information content (AvgIpc) is 3.40. The molecule has 0 unspecified atom stereocenters. The molecule has 2 aromatic carbocycles. The van der Waals surface area contributed by atoms with Crippen LogP contribution in [0.25, 0.3) is 11.4 Å². The van der Waals surface area contributed by atoms with Crippen molar-refractivity contribution in [3.8, 4) is 28.6 Å². The molecule has 0 fully saturated rings. The van der Waals surface area contributed by atoms with E-state index < -0.39 is 10.0 Å². The number of nitrogens with zero attached hydrogens (tertiary/aromatic N) is 4. The lowest BCUT2D eigenvalue weighted by molar-refractivity contribution is 0.174. The molecule has 1 aliphatic rings. The van der Waals surface area contributed by atoms with Gasteiger partial charge in [-0.25, -0.2) is 17.8 Å². The molecule has 0 bridgehead atoms. The highest BCUT2D eigenvalue weighted by molar-refractivity contribution is 7.89. The summed E-state index contributed by atoms with van der Waals surface area (Å²) in [5, 5.41) is 11.5. The van der Waals surface area contributed by atoms with Crippen molar-refractivity contribution in [1.82, 2.24) is 24.9 Å². The van der Waals surface area contributed by atoms with E-state index in [4.69, 9.17) is 14.2 Å². The molecule has 0 aliphatic carbocycles. The smallest absolute Gasteiger partial charge is 0.244 e. The number of hydrogen-bond acceptors (Lipinski definition) is 8. The Bertz CT molecular complexity index is 1150. The van der Waals surface area contributed by atoms with Gasteiger partial charge in [0.05, 0.1) is 7.11 Å². The van der Waals surface area contributed by atoms with E-state index in [-0.39, 0.29) is 24.0 Å². The number of benzene rings is 2. The zero-order chi connectivity index (χ0) is 20.4. The number of ether oxygens (including phenoxy) is 3. The molecule has 4 rings (SSSR count). The predicted octanol–water partition coefficient (Wildman–Crippen LogP) is 1.58. The van der Waals surface area contributed by atoms with Gasteiger partial charge < -0.3 is 14.2 Å². The number of sulfonamides is 1. The van der Waals surface area contributed by atoms with E-state index >= 15 is 0 Å². The normalized spacial score (nSPS) is 12.9. The number of aryl methyl sites for hydroxylation is 1. The summed E-state index contributed by atoms with van der Waals surface area (Å²) in [5.41, 5.74) is 1.31. The van der Waals surface area contributed by atoms with Crippen LogP contribution in [-0.4, -0.2) is 42.5 Å². The third-order valence-corrected chi connectivity index (χ3v) is 5.87. The number of nitrogens with one attached hydrogen (secondary N) is 1. The monoisotopic (exact) mass is 417 g/mol. The molecular formula is C18H19N5O5S. The van der Waals surface area contributed by atoms with Crippen molar-refractivity contribution >= 4 is 10.0 Å². The van der Waals surface area contributed by atoms with E-state index in [2.05, 4.69) is 20.2 Å². The summed E-state index contributed by atoms with van der Waals surface area (Å²) in [6.45, 7) is 2.69. The second-order valence-corrected chi connectivity index (χ2v) is 7.93. The third kappa shape index (κ3) is 3.74. The highest BCUT2D eigenvalue weighted by Gasteiger charge is 2.22. The minimum absolute atomic E-state index is 0.00361. The molecule has 1 aliphatic heterocycles. The van der Waals surface area contributed by atoms with Crippen LogP contribution in [0, 0.1) is 0 Å². The zero-order valence-electron chi connectivity index (χ0n) is 15.8. The molecule has 0 spiro atoms. The van der Waals surface area contributed by atoms with Crippen LogP contribution in [0.3, 0.4) is 0 Å². The van der Waals surface area contributed by atoms with Gasteiger partial charge in [-0.15, -0.1) is 5.10 Å². The van der Waals surface area contributed by atoms with Crippen molar-refractivity contribution in [3.63, 3.8) is 0 Å². The van der Waals surface area contributed by atoms with Gasteiger partial charge >= 0.3 is 0 Å². The molecule has 10 nitrogen and oxygen atoms in total. The predicted molar refractivity (Wildman–Crippen MR) is 102 cm³/mol. The van der Waals surface area contributed by atoms with E-state index in [1.165, 1.54) is 13.2 Å². The SMILES string of the molecule is CCn1nnnc1-c1ccc(OC)c(S(=O)(=O)NCc2ccc3c(c2)OCO3)c1. The van der Waals surface area contributed by atoms with Crippen molar-refractivity contribution < 1.29 is 22.6 Å². The Morgan fingerprint density at radius 3 is 2.79 bits per heavy atom. The summed E-state index contributed by atoms with van der Waals surface area (Å²) < 4.78 is 46.0. The molecule has 1 aromatic heterocycles. The van der Waals surface area contributed by atoms with Gasteiger partial charge in [-0.3, -0.25) is 0 Å². The summed E-state index contributed by atoms with van der Waals surface area (Å²) in [5.74, 6) is 1.93. The van der Waals surface area contributed by atoms with Crippen LogP contribution in [0.2, 0.25) is 0 Å². The number of fused-ring (bicyclic) bond motifs is 1. The minimum Gasteiger partial charge on any atom is -0.495 e. The first-order valence-corrected chi connectivity index (χ1v) is 10.3. The Hall–Kier alpha value is -3.18. The summed E-state index contributed by atoms with van der Waals surface area (Å²) in [7, 11) is -2.45. The number of tetrazole rings is 1. The van der Waals surface area contributed by atoms with E-state index in [9.17, 15) is 8.42 Å². The second kappa shape index (κ2) is 7.68. The second-order valence-electron chi connectivity index (χ2n) is 6.20. The Balaban J connectivity index is 1.62. The molecule has 0 saturated carbocycles. The molecule has 0 atom stereocenters. The van der Waals surface area contributed by atoms with E-state index in [1.807, 2.05) is 6.92 Å². The first-order valence-electron chi connectivity index (χ1n) is 8.84. The van der Waals surface area contributed by atoms with Crippen molar-refractivity contribution in [2.45, 2.75) is 24.9 Å². The zero-order valence-corrected chi connectivity index (χ0v) is 16.6. The van der Waals surface area contributed by atoms with Gasteiger partial charge in [0.2, 0.25) is 16.8 Å². The summed E-state index contributed by atoms with van der Waals surface area (Å²) in [4.78, 5) is 0.00361. The number of methoxy groups -OCH3 is 1. The lowest BCUT2D eigenvalue weighted by Gasteiger charge is -2.12. The molecule has 0 radical (unpaired) electrons. The Kier molecular flexibility index (Phi) is 5.07. The molecule has 0 saturated heterocycles. The first-order chi connectivity index (χ1) is 14.0. The van der Waals surface area contributed by atoms with Crippen molar-refractivity contribution in [2.24, 2.45) is 0 Å². The molecule has 11 heteroatoms. The topological polar surface area (TPSA) is 117 Å². The summed E-state index contributed by atoms with van der Waals surface area (Å²) >= 11 is 0. The Morgan fingerprint density at radius 1 is 1.17 bits per heavy atom. The molecule has 0 amide bonds. The van der Waals surface area contributed by atoms with Crippen molar-refractivity contribution in [3.05, 3.63) is 42.0 Å². The van der Waals surface area contributed by atoms with Crippen LogP contribution in [0.5, 0.6) is 17.2 Å². The maximum Gasteiger partial charge on any atom is 0.244 e. The highest BCUT2D eigenvalue weighted by atomic mass is 32.2. The van der Waals surface area contributed by atoms with Gasteiger partial charge in [0, 0.05) is 18.7 Å². The van der Waals surface area contributed by atoms with Crippen LogP contribution in [-0.2, 0) is 23.1 Å². The summed E-state index contributed by atoms with van der Waals surface area (Å²) in [6.07, 6.45) is 0. The van der Waals surface area contributed by atoms with Gasteiger partial charge in [-0.05, 0) is 53.2 Å². The summed E-state index contributed by atoms with van der Waals surface area (Å²) in [6, 6.07) is 10.1. The van der Waals surface area contributed by atoms with Crippen LogP contribution < -0.4 is 18.9 Å². The maximum atomic E-state index is 13.0. The number of hydrogen-bond donors (Lipinski definition) is 1. The molecular weight excluding hydrogens is 398 g/mol. The molecule has 29 heavy (non-hydrogen) atoms. The first kappa shape index (κ1) is 19.2.